The molecule has 0 radical (unpaired) electrons. The lowest BCUT2D eigenvalue weighted by Crippen LogP contribution is -2.56. The number of nitrogens with zero attached hydrogens (tertiary/aromatic N) is 1. The average Bonchev–Trinajstić information content (AvgIpc) is 2.56. The van der Waals surface area contributed by atoms with Crippen LogP contribution in [0, 0.1) is 0 Å². The molecule has 0 aromatic heterocycles. The van der Waals surface area contributed by atoms with Gasteiger partial charge in [-0.05, 0) is 26.7 Å². The fourth-order valence-corrected chi connectivity index (χ4v) is 1.89. The van der Waals surface area contributed by atoms with Crippen LogP contribution in [-0.2, 0) is 14.4 Å². The van der Waals surface area contributed by atoms with E-state index in [1.807, 2.05) is 0 Å². The summed E-state index contributed by atoms with van der Waals surface area (Å²) in [6.45, 7) is 6.89. The van der Waals surface area contributed by atoms with Gasteiger partial charge in [0.1, 0.15) is 18.1 Å². The molecule has 0 fully saturated rings. The number of carbonyl (C=O) groups excluding carboxylic acids is 4. The minimum atomic E-state index is -0.911. The highest BCUT2D eigenvalue weighted by Crippen LogP contribution is 2.00. The molecule has 0 bridgehead atoms. The fourth-order valence-electron chi connectivity index (χ4n) is 1.89. The number of hydrogen-bond acceptors (Lipinski definition) is 6. The first-order valence-corrected chi connectivity index (χ1v) is 8.51. The molecule has 0 aliphatic carbocycles. The van der Waals surface area contributed by atoms with Gasteiger partial charge in [-0.2, -0.15) is 0 Å². The molecule has 8 N–H and O–H groups in total. The molecule has 0 aliphatic heterocycles. The van der Waals surface area contributed by atoms with Crippen LogP contribution in [0.5, 0.6) is 0 Å². The van der Waals surface area contributed by atoms with Gasteiger partial charge in [0.2, 0.25) is 17.7 Å². The van der Waals surface area contributed by atoms with Gasteiger partial charge in [0.05, 0.1) is 5.82 Å². The average molecular weight is 385 g/mol. The Morgan fingerprint density at radius 1 is 0.963 bits per heavy atom. The van der Waals surface area contributed by atoms with Crippen LogP contribution < -0.4 is 32.7 Å². The molecule has 5 amide bonds. The lowest BCUT2D eigenvalue weighted by Gasteiger charge is -2.23. The van der Waals surface area contributed by atoms with E-state index in [-0.39, 0.29) is 6.42 Å². The van der Waals surface area contributed by atoms with Crippen LogP contribution in [0.2, 0.25) is 0 Å². The number of hydrogen-bond donors (Lipinski definition) is 6. The van der Waals surface area contributed by atoms with Crippen LogP contribution in [0.1, 0.15) is 26.7 Å². The molecule has 3 atom stereocenters. The Hall–Kier alpha value is -2.98. The highest BCUT2D eigenvalue weighted by molar-refractivity contribution is 5.93. The number of nitrogens with two attached hydrogens (primary N) is 2. The van der Waals surface area contributed by atoms with Crippen molar-refractivity contribution in [3.05, 3.63) is 12.4 Å². The van der Waals surface area contributed by atoms with E-state index in [1.54, 1.807) is 14.1 Å². The predicted octanol–water partition coefficient (Wildman–Crippen LogP) is -2.08. The van der Waals surface area contributed by atoms with Crippen molar-refractivity contribution in [3.63, 3.8) is 0 Å². The Labute approximate surface area is 159 Å². The van der Waals surface area contributed by atoms with E-state index >= 15 is 0 Å². The number of carbonyl (C=O) groups is 4. The van der Waals surface area contributed by atoms with Crippen molar-refractivity contribution in [2.75, 3.05) is 20.6 Å². The normalized spacial score (nSPS) is 13.5. The van der Waals surface area contributed by atoms with Crippen molar-refractivity contribution < 1.29 is 19.2 Å². The van der Waals surface area contributed by atoms with Gasteiger partial charge in [0, 0.05) is 20.6 Å². The molecule has 27 heavy (non-hydrogen) atoms. The van der Waals surface area contributed by atoms with Crippen molar-refractivity contribution in [2.45, 2.75) is 44.8 Å². The maximum atomic E-state index is 12.4. The van der Waals surface area contributed by atoms with Crippen molar-refractivity contribution in [3.8, 4) is 0 Å². The Balaban J connectivity index is 4.91. The molecule has 0 aromatic rings. The number of urea groups is 1. The summed E-state index contributed by atoms with van der Waals surface area (Å²) in [6.07, 6.45) is 0.773. The maximum Gasteiger partial charge on any atom is 0.317 e. The molecular weight excluding hydrogens is 354 g/mol. The Bertz CT molecular complexity index is 565. The van der Waals surface area contributed by atoms with Crippen LogP contribution in [0.4, 0.5) is 4.79 Å². The zero-order valence-corrected chi connectivity index (χ0v) is 16.3. The first-order valence-electron chi connectivity index (χ1n) is 8.51. The van der Waals surface area contributed by atoms with Crippen LogP contribution in [0.25, 0.3) is 0 Å². The molecule has 154 valence electrons. The van der Waals surface area contributed by atoms with Gasteiger partial charge in [0.25, 0.3) is 0 Å². The smallest absolute Gasteiger partial charge is 0.317 e. The molecule has 0 spiro atoms. The Morgan fingerprint density at radius 3 is 2.04 bits per heavy atom. The predicted molar refractivity (Wildman–Crippen MR) is 101 cm³/mol. The first-order chi connectivity index (χ1) is 12.5. The third-order valence-corrected chi connectivity index (χ3v) is 3.58. The molecule has 11 nitrogen and oxygen atoms in total. The summed E-state index contributed by atoms with van der Waals surface area (Å²) in [6, 6.07) is -3.09. The molecule has 0 aliphatic rings. The second-order valence-corrected chi connectivity index (χ2v) is 6.35. The SMILES string of the molecule is C=C(N)NCCC[C@H](NC(=O)[C@H](C)NC(=O)N(C)C)C(=O)N[C@@H](C)C(N)=O. The number of primary amides is 1. The molecule has 0 heterocycles. The van der Waals surface area contributed by atoms with E-state index in [1.165, 1.54) is 18.7 Å². The van der Waals surface area contributed by atoms with Gasteiger partial charge in [-0.3, -0.25) is 14.4 Å². The summed E-state index contributed by atoms with van der Waals surface area (Å²) in [5.74, 6) is -1.48. The summed E-state index contributed by atoms with van der Waals surface area (Å²) in [7, 11) is 3.08. The van der Waals surface area contributed by atoms with Gasteiger partial charge >= 0.3 is 6.03 Å². The third kappa shape index (κ3) is 9.92. The summed E-state index contributed by atoms with van der Waals surface area (Å²) >= 11 is 0. The molecular formula is C16H31N7O4. The van der Waals surface area contributed by atoms with Gasteiger partial charge in [-0.1, -0.05) is 6.58 Å². The van der Waals surface area contributed by atoms with E-state index in [0.29, 0.717) is 18.8 Å². The van der Waals surface area contributed by atoms with Crippen molar-refractivity contribution >= 4 is 23.8 Å². The van der Waals surface area contributed by atoms with Gasteiger partial charge < -0.3 is 37.6 Å². The van der Waals surface area contributed by atoms with E-state index in [4.69, 9.17) is 11.5 Å². The van der Waals surface area contributed by atoms with E-state index < -0.39 is 41.9 Å². The monoisotopic (exact) mass is 385 g/mol. The molecule has 0 rings (SSSR count). The van der Waals surface area contributed by atoms with Crippen LogP contribution in [0.15, 0.2) is 12.4 Å². The molecule has 0 unspecified atom stereocenters. The third-order valence-electron chi connectivity index (χ3n) is 3.58. The van der Waals surface area contributed by atoms with Gasteiger partial charge in [-0.15, -0.1) is 0 Å². The van der Waals surface area contributed by atoms with E-state index in [0.717, 1.165) is 0 Å². The summed E-state index contributed by atoms with van der Waals surface area (Å²) in [5.41, 5.74) is 10.6. The summed E-state index contributed by atoms with van der Waals surface area (Å²) < 4.78 is 0. The minimum absolute atomic E-state index is 0.275. The van der Waals surface area contributed by atoms with Crippen LogP contribution >= 0.6 is 0 Å². The van der Waals surface area contributed by atoms with Gasteiger partial charge in [-0.25, -0.2) is 4.79 Å². The van der Waals surface area contributed by atoms with Crippen molar-refractivity contribution in [1.82, 2.24) is 26.2 Å². The number of rotatable bonds is 11. The number of amides is 5. The van der Waals surface area contributed by atoms with Gasteiger partial charge in [0.15, 0.2) is 0 Å². The topological polar surface area (TPSA) is 172 Å². The summed E-state index contributed by atoms with van der Waals surface area (Å²) in [5, 5.41) is 10.3. The zero-order valence-electron chi connectivity index (χ0n) is 16.3. The quantitative estimate of drug-likeness (QED) is 0.223. The Kier molecular flexibility index (Phi) is 10.3. The highest BCUT2D eigenvalue weighted by atomic mass is 16.2. The summed E-state index contributed by atoms with van der Waals surface area (Å²) in [4.78, 5) is 48.8. The van der Waals surface area contributed by atoms with Crippen LogP contribution in [0.3, 0.4) is 0 Å². The number of nitrogens with one attached hydrogen (secondary N) is 4. The molecule has 0 aromatic carbocycles. The van der Waals surface area contributed by atoms with Crippen molar-refractivity contribution in [1.29, 1.82) is 0 Å². The van der Waals surface area contributed by atoms with Crippen LogP contribution in [-0.4, -0.2) is 67.4 Å². The van der Waals surface area contributed by atoms with E-state index in [2.05, 4.69) is 27.8 Å². The standard InChI is InChI=1S/C16H31N7O4/c1-9(13(18)24)20-15(26)12(7-6-8-19-11(3)17)22-14(25)10(2)21-16(27)23(4)5/h9-10,12,19H,3,6-8,17H2,1-2,4-5H3,(H2,18,24)(H,20,26)(H,21,27)(H,22,25)/t9-,10-,12-/m0/s1. The van der Waals surface area contributed by atoms with Crippen molar-refractivity contribution in [2.24, 2.45) is 11.5 Å². The lowest BCUT2D eigenvalue weighted by atomic mass is 10.1. The molecule has 0 saturated carbocycles. The second kappa shape index (κ2) is 11.6. The Morgan fingerprint density at radius 2 is 1.56 bits per heavy atom. The second-order valence-electron chi connectivity index (χ2n) is 6.35. The largest absolute Gasteiger partial charge is 0.386 e. The minimum Gasteiger partial charge on any atom is -0.386 e. The molecule has 11 heteroatoms. The maximum absolute atomic E-state index is 12.4. The first kappa shape index (κ1) is 24.0. The molecule has 0 saturated heterocycles. The highest BCUT2D eigenvalue weighted by Gasteiger charge is 2.26. The fraction of sp³-hybridized carbons (Fsp3) is 0.625. The zero-order chi connectivity index (χ0) is 21.1. The van der Waals surface area contributed by atoms with E-state index in [9.17, 15) is 19.2 Å². The lowest BCUT2D eigenvalue weighted by molar-refractivity contribution is -0.131.